The zero-order chi connectivity index (χ0) is 7.98. The van der Waals surface area contributed by atoms with Crippen molar-refractivity contribution in [1.29, 1.82) is 0 Å². The molecular weight excluding hydrogens is 142 g/mol. The number of carboxylic acid groups (broad SMARTS) is 1. The standard InChI is InChI=1S/C4H5NO5/c6-2-3(10-5-9)1-4(7)8/h2-3H,1H2,(H,7,8). The number of nitrogens with zero attached hydrogens (tertiary/aromatic N) is 1. The molecule has 0 aromatic carbocycles. The molecular formula is C4H5NO5. The van der Waals surface area contributed by atoms with Gasteiger partial charge in [-0.2, -0.15) is 0 Å². The van der Waals surface area contributed by atoms with Gasteiger partial charge < -0.3 is 9.94 Å². The molecule has 0 radical (unpaired) electrons. The lowest BCUT2D eigenvalue weighted by Gasteiger charge is -1.99. The first-order valence-electron chi connectivity index (χ1n) is 2.36. The highest BCUT2D eigenvalue weighted by Crippen LogP contribution is 1.94. The van der Waals surface area contributed by atoms with E-state index in [4.69, 9.17) is 5.11 Å². The van der Waals surface area contributed by atoms with E-state index in [9.17, 15) is 14.5 Å². The van der Waals surface area contributed by atoms with Crippen molar-refractivity contribution in [2.75, 3.05) is 0 Å². The molecule has 0 fully saturated rings. The third kappa shape index (κ3) is 3.53. The third-order valence-corrected chi connectivity index (χ3v) is 0.706. The summed E-state index contributed by atoms with van der Waals surface area (Å²) in [6.45, 7) is 0. The fourth-order valence-corrected chi connectivity index (χ4v) is 0.338. The summed E-state index contributed by atoms with van der Waals surface area (Å²) in [6.07, 6.45) is -1.61. The lowest BCUT2D eigenvalue weighted by atomic mass is 10.3. The van der Waals surface area contributed by atoms with Gasteiger partial charge in [-0.1, -0.05) is 0 Å². The molecule has 0 heterocycles. The molecule has 6 heteroatoms. The van der Waals surface area contributed by atoms with Crippen LogP contribution in [0.3, 0.4) is 0 Å². The lowest BCUT2D eigenvalue weighted by Crippen LogP contribution is -2.16. The number of hydrogen-bond acceptors (Lipinski definition) is 5. The first kappa shape index (κ1) is 8.54. The van der Waals surface area contributed by atoms with Crippen LogP contribution in [0.1, 0.15) is 6.42 Å². The molecule has 0 aliphatic heterocycles. The van der Waals surface area contributed by atoms with E-state index in [0.29, 0.717) is 0 Å². The van der Waals surface area contributed by atoms with Gasteiger partial charge in [0.2, 0.25) is 0 Å². The van der Waals surface area contributed by atoms with Crippen LogP contribution in [0.5, 0.6) is 0 Å². The van der Waals surface area contributed by atoms with Crippen molar-refractivity contribution in [2.24, 2.45) is 5.34 Å². The normalized spacial score (nSPS) is 11.6. The molecule has 0 amide bonds. The van der Waals surface area contributed by atoms with Crippen LogP contribution in [0.2, 0.25) is 0 Å². The minimum atomic E-state index is -1.27. The summed E-state index contributed by atoms with van der Waals surface area (Å²) in [4.78, 5) is 32.9. The van der Waals surface area contributed by atoms with Crippen molar-refractivity contribution >= 4 is 12.3 Å². The largest absolute Gasteiger partial charge is 0.481 e. The number of aliphatic carboxylic acids is 1. The third-order valence-electron chi connectivity index (χ3n) is 0.706. The van der Waals surface area contributed by atoms with Crippen molar-refractivity contribution in [3.8, 4) is 0 Å². The van der Waals surface area contributed by atoms with E-state index >= 15 is 0 Å². The Kier molecular flexibility index (Phi) is 3.78. The highest BCUT2D eigenvalue weighted by Gasteiger charge is 2.13. The van der Waals surface area contributed by atoms with Crippen LogP contribution in [0.25, 0.3) is 0 Å². The fourth-order valence-electron chi connectivity index (χ4n) is 0.338. The second kappa shape index (κ2) is 4.42. The molecule has 0 rings (SSSR count). The number of hydrogen-bond donors (Lipinski definition) is 1. The van der Waals surface area contributed by atoms with Gasteiger partial charge in [0.05, 0.1) is 6.42 Å². The predicted molar refractivity (Wildman–Crippen MR) is 29.0 cm³/mol. The fraction of sp³-hybridized carbons (Fsp3) is 0.500. The number of rotatable bonds is 5. The van der Waals surface area contributed by atoms with Crippen molar-refractivity contribution < 1.29 is 19.5 Å². The summed E-state index contributed by atoms with van der Waals surface area (Å²) < 4.78 is 0. The van der Waals surface area contributed by atoms with Crippen molar-refractivity contribution in [1.82, 2.24) is 0 Å². The summed E-state index contributed by atoms with van der Waals surface area (Å²) in [6, 6.07) is 0. The zero-order valence-electron chi connectivity index (χ0n) is 4.89. The minimum Gasteiger partial charge on any atom is -0.481 e. The minimum absolute atomic E-state index is 0.204. The van der Waals surface area contributed by atoms with Gasteiger partial charge in [-0.3, -0.25) is 9.59 Å². The summed E-state index contributed by atoms with van der Waals surface area (Å²) in [5.41, 5.74) is 0. The maximum absolute atomic E-state index is 9.86. The Balaban J connectivity index is 3.70. The van der Waals surface area contributed by atoms with Crippen LogP contribution in [0.4, 0.5) is 0 Å². The van der Waals surface area contributed by atoms with E-state index < -0.39 is 18.5 Å². The Morgan fingerprint density at radius 2 is 2.40 bits per heavy atom. The number of carbonyl (C=O) groups is 2. The predicted octanol–water partition coefficient (Wildman–Crippen LogP) is -0.273. The van der Waals surface area contributed by atoms with Crippen molar-refractivity contribution in [3.63, 3.8) is 0 Å². The number of carboxylic acids is 1. The first-order chi connectivity index (χ1) is 4.70. The Bertz CT molecular complexity index is 145. The van der Waals surface area contributed by atoms with E-state index in [2.05, 4.69) is 4.84 Å². The van der Waals surface area contributed by atoms with Gasteiger partial charge in [0.25, 0.3) is 0 Å². The van der Waals surface area contributed by atoms with Gasteiger partial charge in [0.1, 0.15) is 0 Å². The molecule has 1 unspecified atom stereocenters. The Hall–Kier alpha value is -1.46. The molecule has 0 aliphatic rings. The van der Waals surface area contributed by atoms with Gasteiger partial charge in [-0.15, -0.1) is 4.91 Å². The molecule has 10 heavy (non-hydrogen) atoms. The lowest BCUT2D eigenvalue weighted by molar-refractivity contribution is -0.142. The van der Waals surface area contributed by atoms with E-state index in [1.165, 1.54) is 0 Å². The quantitative estimate of drug-likeness (QED) is 0.328. The van der Waals surface area contributed by atoms with Crippen LogP contribution in [-0.2, 0) is 14.4 Å². The van der Waals surface area contributed by atoms with E-state index in [0.717, 1.165) is 0 Å². The number of carbonyl (C=O) groups excluding carboxylic acids is 1. The molecule has 0 aromatic rings. The van der Waals surface area contributed by atoms with Crippen LogP contribution in [0.15, 0.2) is 5.34 Å². The van der Waals surface area contributed by atoms with E-state index in [-0.39, 0.29) is 6.29 Å². The number of aldehydes is 1. The SMILES string of the molecule is O=CC(CC(=O)O)ON=O. The molecule has 1 N–H and O–H groups in total. The van der Waals surface area contributed by atoms with Gasteiger partial charge >= 0.3 is 5.97 Å². The van der Waals surface area contributed by atoms with Crippen LogP contribution in [-0.4, -0.2) is 23.5 Å². The van der Waals surface area contributed by atoms with Crippen LogP contribution < -0.4 is 0 Å². The molecule has 0 aromatic heterocycles. The summed E-state index contributed by atoms with van der Waals surface area (Å²) in [5.74, 6) is -1.22. The molecule has 56 valence electrons. The molecule has 0 bridgehead atoms. The maximum atomic E-state index is 9.86. The van der Waals surface area contributed by atoms with Crippen LogP contribution in [0, 0.1) is 4.91 Å². The Morgan fingerprint density at radius 1 is 1.80 bits per heavy atom. The zero-order valence-corrected chi connectivity index (χ0v) is 4.89. The maximum Gasteiger partial charge on any atom is 0.307 e. The molecule has 1 atom stereocenters. The smallest absolute Gasteiger partial charge is 0.307 e. The highest BCUT2D eigenvalue weighted by molar-refractivity contribution is 5.72. The van der Waals surface area contributed by atoms with Gasteiger partial charge in [0, 0.05) is 0 Å². The average molecular weight is 147 g/mol. The summed E-state index contributed by atoms with van der Waals surface area (Å²) in [5, 5.41) is 9.97. The molecule has 6 nitrogen and oxygen atoms in total. The average Bonchev–Trinajstić information content (AvgIpc) is 1.86. The monoisotopic (exact) mass is 147 g/mol. The Morgan fingerprint density at radius 3 is 2.70 bits per heavy atom. The molecule has 0 saturated carbocycles. The molecule has 0 aliphatic carbocycles. The topological polar surface area (TPSA) is 93.0 Å². The van der Waals surface area contributed by atoms with Crippen LogP contribution >= 0.6 is 0 Å². The van der Waals surface area contributed by atoms with E-state index in [1.807, 2.05) is 5.34 Å². The second-order valence-electron chi connectivity index (χ2n) is 1.45. The van der Waals surface area contributed by atoms with Gasteiger partial charge in [-0.25, -0.2) is 0 Å². The Labute approximate surface area is 55.7 Å². The van der Waals surface area contributed by atoms with Crippen molar-refractivity contribution in [3.05, 3.63) is 4.91 Å². The van der Waals surface area contributed by atoms with E-state index in [1.54, 1.807) is 0 Å². The van der Waals surface area contributed by atoms with Crippen molar-refractivity contribution in [2.45, 2.75) is 12.5 Å². The van der Waals surface area contributed by atoms with Gasteiger partial charge in [0.15, 0.2) is 17.7 Å². The summed E-state index contributed by atoms with van der Waals surface area (Å²) in [7, 11) is 0. The molecule has 0 saturated heterocycles. The second-order valence-corrected chi connectivity index (χ2v) is 1.45. The molecule has 0 spiro atoms. The van der Waals surface area contributed by atoms with Gasteiger partial charge in [-0.05, 0) is 0 Å². The summed E-state index contributed by atoms with van der Waals surface area (Å²) >= 11 is 0. The first-order valence-corrected chi connectivity index (χ1v) is 2.36. The highest BCUT2D eigenvalue weighted by atomic mass is 16.7.